The minimum atomic E-state index is -3.99. The van der Waals surface area contributed by atoms with Crippen LogP contribution in [-0.4, -0.2) is 79.8 Å². The van der Waals surface area contributed by atoms with E-state index < -0.39 is 10.0 Å². The SMILES string of the molecule is Cc1ccc(S(=O)(=O)N(Cc2ccccc2)c2ccc(Nc3nc(N(CCN)CCN)nc(N4C[C@H](N)C[C@H](N)C4)n3)c(O)c2)cc1. The number of sulfonamides is 1. The minimum absolute atomic E-state index is 0.0572. The van der Waals surface area contributed by atoms with Gasteiger partial charge in [0.15, 0.2) is 0 Å². The van der Waals surface area contributed by atoms with Crippen LogP contribution >= 0.6 is 0 Å². The van der Waals surface area contributed by atoms with Crippen molar-refractivity contribution in [2.45, 2.75) is 36.9 Å². The number of hydrogen-bond acceptors (Lipinski definition) is 13. The Balaban J connectivity index is 1.50. The second-order valence-corrected chi connectivity index (χ2v) is 13.5. The van der Waals surface area contributed by atoms with Crippen molar-refractivity contribution in [1.82, 2.24) is 15.0 Å². The van der Waals surface area contributed by atoms with Gasteiger partial charge in [-0.05, 0) is 43.2 Å². The molecule has 1 saturated heterocycles. The number of hydrogen-bond donors (Lipinski definition) is 6. The number of aromatic nitrogens is 3. The van der Waals surface area contributed by atoms with Crippen molar-refractivity contribution in [2.75, 3.05) is 58.7 Å². The molecule has 2 heterocycles. The second kappa shape index (κ2) is 14.9. The highest BCUT2D eigenvalue weighted by Crippen LogP contribution is 2.34. The molecular formula is C32H43N11O3S. The Morgan fingerprint density at radius 1 is 0.915 bits per heavy atom. The Labute approximate surface area is 275 Å². The molecule has 0 saturated carbocycles. The van der Waals surface area contributed by atoms with Crippen molar-refractivity contribution >= 4 is 39.2 Å². The number of benzene rings is 3. The zero-order valence-corrected chi connectivity index (χ0v) is 27.2. The lowest BCUT2D eigenvalue weighted by atomic mass is 10.0. The highest BCUT2D eigenvalue weighted by molar-refractivity contribution is 7.92. The Kier molecular flexibility index (Phi) is 10.7. The van der Waals surface area contributed by atoms with E-state index in [1.807, 2.05) is 47.1 Å². The van der Waals surface area contributed by atoms with E-state index in [0.717, 1.165) is 11.1 Å². The van der Waals surface area contributed by atoms with Gasteiger partial charge >= 0.3 is 0 Å². The Bertz CT molecular complexity index is 1730. The standard InChI is InChI=1S/C32H43N11O3S/c1-22-7-10-27(11-8-22)47(45,46)43(19-23-5-3-2-4-6-23)26-9-12-28(29(44)18-26)37-30-38-31(41(15-13-33)16-14-34)40-32(39-30)42-20-24(35)17-25(36)21-42/h2-12,18,24-25,44H,13-17,19-21,33-36H2,1H3,(H,37,38,39,40)/t24-,25+. The van der Waals surface area contributed by atoms with E-state index in [0.29, 0.717) is 57.6 Å². The highest BCUT2D eigenvalue weighted by Gasteiger charge is 2.28. The minimum Gasteiger partial charge on any atom is -0.506 e. The summed E-state index contributed by atoms with van der Waals surface area (Å²) in [5, 5.41) is 14.3. The zero-order chi connectivity index (χ0) is 33.6. The van der Waals surface area contributed by atoms with Crippen LogP contribution in [-0.2, 0) is 16.6 Å². The van der Waals surface area contributed by atoms with Crippen molar-refractivity contribution in [3.8, 4) is 5.75 Å². The maximum Gasteiger partial charge on any atom is 0.264 e. The van der Waals surface area contributed by atoms with E-state index in [1.165, 1.54) is 10.4 Å². The topological polar surface area (TPSA) is 219 Å². The van der Waals surface area contributed by atoms with Crippen LogP contribution in [0.4, 0.5) is 29.2 Å². The number of nitrogens with zero attached hydrogens (tertiary/aromatic N) is 6. The van der Waals surface area contributed by atoms with Crippen LogP contribution in [0.5, 0.6) is 5.75 Å². The van der Waals surface area contributed by atoms with Gasteiger partial charge in [0.25, 0.3) is 10.0 Å². The first kappa shape index (κ1) is 33.8. The number of piperidine rings is 1. The molecule has 3 aromatic carbocycles. The van der Waals surface area contributed by atoms with Crippen LogP contribution in [0, 0.1) is 6.92 Å². The summed E-state index contributed by atoms with van der Waals surface area (Å²) >= 11 is 0. The zero-order valence-electron chi connectivity index (χ0n) is 26.4. The third-order valence-electron chi connectivity index (χ3n) is 7.78. The van der Waals surface area contributed by atoms with E-state index in [9.17, 15) is 13.5 Å². The van der Waals surface area contributed by atoms with E-state index in [1.54, 1.807) is 36.4 Å². The summed E-state index contributed by atoms with van der Waals surface area (Å²) in [6, 6.07) is 20.2. The van der Waals surface area contributed by atoms with Crippen molar-refractivity contribution in [2.24, 2.45) is 22.9 Å². The van der Waals surface area contributed by atoms with Gasteiger partial charge in [0.05, 0.1) is 22.8 Å². The van der Waals surface area contributed by atoms with E-state index >= 15 is 0 Å². The molecule has 10 N–H and O–H groups in total. The molecule has 1 aromatic heterocycles. The molecule has 0 unspecified atom stereocenters. The van der Waals surface area contributed by atoms with Crippen LogP contribution in [0.15, 0.2) is 77.7 Å². The predicted molar refractivity (Wildman–Crippen MR) is 185 cm³/mol. The molecule has 0 amide bonds. The van der Waals surface area contributed by atoms with Gasteiger partial charge in [-0.25, -0.2) is 8.42 Å². The number of phenols is 1. The molecule has 4 aromatic rings. The van der Waals surface area contributed by atoms with Gasteiger partial charge in [0.2, 0.25) is 17.8 Å². The van der Waals surface area contributed by atoms with Crippen LogP contribution in [0.1, 0.15) is 17.5 Å². The molecule has 0 aliphatic carbocycles. The lowest BCUT2D eigenvalue weighted by Crippen LogP contribution is -2.53. The molecule has 0 spiro atoms. The molecule has 0 radical (unpaired) electrons. The molecule has 250 valence electrons. The van der Waals surface area contributed by atoms with E-state index in [4.69, 9.17) is 27.9 Å². The highest BCUT2D eigenvalue weighted by atomic mass is 32.2. The fourth-order valence-corrected chi connectivity index (χ4v) is 6.91. The van der Waals surface area contributed by atoms with Crippen LogP contribution in [0.3, 0.4) is 0 Å². The molecule has 14 nitrogen and oxygen atoms in total. The Morgan fingerprint density at radius 2 is 1.57 bits per heavy atom. The summed E-state index contributed by atoms with van der Waals surface area (Å²) in [5.41, 5.74) is 26.5. The van der Waals surface area contributed by atoms with E-state index in [-0.39, 0.29) is 46.6 Å². The maximum absolute atomic E-state index is 13.9. The molecule has 47 heavy (non-hydrogen) atoms. The molecule has 2 atom stereocenters. The van der Waals surface area contributed by atoms with E-state index in [2.05, 4.69) is 15.3 Å². The summed E-state index contributed by atoms with van der Waals surface area (Å²) < 4.78 is 29.1. The maximum atomic E-state index is 13.9. The first-order valence-corrected chi connectivity index (χ1v) is 16.9. The lowest BCUT2D eigenvalue weighted by Gasteiger charge is -2.35. The molecule has 5 rings (SSSR count). The van der Waals surface area contributed by atoms with Gasteiger partial charge in [0.1, 0.15) is 5.75 Å². The first-order chi connectivity index (χ1) is 22.6. The van der Waals surface area contributed by atoms with Crippen LogP contribution in [0.25, 0.3) is 0 Å². The average Bonchev–Trinajstić information content (AvgIpc) is 3.04. The second-order valence-electron chi connectivity index (χ2n) is 11.6. The largest absolute Gasteiger partial charge is 0.506 e. The number of phenolic OH excluding ortho intramolecular Hbond substituents is 1. The fourth-order valence-electron chi connectivity index (χ4n) is 5.46. The van der Waals surface area contributed by atoms with Gasteiger partial charge in [-0.3, -0.25) is 4.31 Å². The fraction of sp³-hybridized carbons (Fsp3) is 0.344. The summed E-state index contributed by atoms with van der Waals surface area (Å²) in [6.07, 6.45) is 0.688. The van der Waals surface area contributed by atoms with Gasteiger partial charge in [0, 0.05) is 57.4 Å². The molecule has 0 bridgehead atoms. The third-order valence-corrected chi connectivity index (χ3v) is 9.57. The van der Waals surface area contributed by atoms with Crippen molar-refractivity contribution in [3.05, 3.63) is 83.9 Å². The number of aryl methyl sites for hydroxylation is 1. The smallest absolute Gasteiger partial charge is 0.264 e. The number of nitrogens with one attached hydrogen (secondary N) is 1. The quantitative estimate of drug-likeness (QED) is 0.112. The van der Waals surface area contributed by atoms with Crippen molar-refractivity contribution in [1.29, 1.82) is 0 Å². The molecule has 15 heteroatoms. The summed E-state index contributed by atoms with van der Waals surface area (Å²) in [5.74, 6) is 0.686. The summed E-state index contributed by atoms with van der Waals surface area (Å²) in [7, 11) is -3.99. The summed E-state index contributed by atoms with van der Waals surface area (Å²) in [6.45, 7) is 4.62. The molecular weight excluding hydrogens is 618 g/mol. The lowest BCUT2D eigenvalue weighted by molar-refractivity contribution is 0.447. The third kappa shape index (κ3) is 8.25. The number of nitrogens with two attached hydrogens (primary N) is 4. The average molecular weight is 662 g/mol. The molecule has 1 fully saturated rings. The molecule has 1 aliphatic heterocycles. The number of aromatic hydroxyl groups is 1. The van der Waals surface area contributed by atoms with Gasteiger partial charge in [-0.2, -0.15) is 15.0 Å². The van der Waals surface area contributed by atoms with Crippen molar-refractivity contribution < 1.29 is 13.5 Å². The van der Waals surface area contributed by atoms with Crippen molar-refractivity contribution in [3.63, 3.8) is 0 Å². The van der Waals surface area contributed by atoms with Crippen LogP contribution in [0.2, 0.25) is 0 Å². The predicted octanol–water partition coefficient (Wildman–Crippen LogP) is 1.61. The molecule has 1 aliphatic rings. The number of anilines is 5. The Morgan fingerprint density at radius 3 is 2.19 bits per heavy atom. The first-order valence-electron chi connectivity index (χ1n) is 15.5. The Hall–Kier alpha value is -4.54. The monoisotopic (exact) mass is 661 g/mol. The number of rotatable bonds is 13. The van der Waals surface area contributed by atoms with Gasteiger partial charge in [-0.1, -0.05) is 48.0 Å². The summed E-state index contributed by atoms with van der Waals surface area (Å²) in [4.78, 5) is 17.9. The normalized spacial score (nSPS) is 16.6. The van der Waals surface area contributed by atoms with Gasteiger partial charge in [-0.15, -0.1) is 0 Å². The van der Waals surface area contributed by atoms with Crippen LogP contribution < -0.4 is 42.4 Å². The van der Waals surface area contributed by atoms with Gasteiger partial charge < -0.3 is 43.2 Å².